The van der Waals surface area contributed by atoms with Crippen molar-refractivity contribution in [1.82, 2.24) is 10.2 Å². The maximum Gasteiger partial charge on any atom is 0.174 e. The quantitative estimate of drug-likeness (QED) is 0.840. The lowest BCUT2D eigenvalue weighted by atomic mass is 10.1. The molecule has 1 heterocycles. The molecule has 0 saturated carbocycles. The zero-order valence-electron chi connectivity index (χ0n) is 9.15. The molecular formula is C12H10ClFN2O. The molecule has 0 N–H and O–H groups in total. The van der Waals surface area contributed by atoms with E-state index in [-0.39, 0.29) is 10.9 Å². The maximum atomic E-state index is 14.0. The summed E-state index contributed by atoms with van der Waals surface area (Å²) in [5.74, 6) is -0.229. The summed E-state index contributed by atoms with van der Waals surface area (Å²) in [7, 11) is 0. The zero-order valence-corrected chi connectivity index (χ0v) is 9.91. The van der Waals surface area contributed by atoms with Gasteiger partial charge >= 0.3 is 0 Å². The standard InChI is InChI=1S/C12H10ClFN2O/c1-2-17-10-5-3-4-8(12(10)14)9-6-7-11(13)16-15-9/h3-7H,2H2,1H3. The minimum absolute atomic E-state index is 0.210. The summed E-state index contributed by atoms with van der Waals surface area (Å²) in [6.07, 6.45) is 0. The van der Waals surface area contributed by atoms with Gasteiger partial charge in [0.15, 0.2) is 16.7 Å². The molecular weight excluding hydrogens is 243 g/mol. The van der Waals surface area contributed by atoms with E-state index in [9.17, 15) is 4.39 Å². The first-order valence-corrected chi connectivity index (χ1v) is 5.51. The Balaban J connectivity index is 2.45. The third kappa shape index (κ3) is 2.53. The predicted octanol–water partition coefficient (Wildman–Crippen LogP) is 3.33. The summed E-state index contributed by atoms with van der Waals surface area (Å²) in [5, 5.41) is 7.79. The lowest BCUT2D eigenvalue weighted by Crippen LogP contribution is -1.97. The van der Waals surface area contributed by atoms with Crippen molar-refractivity contribution in [2.75, 3.05) is 6.61 Å². The number of nitrogens with zero attached hydrogens (tertiary/aromatic N) is 2. The average molecular weight is 253 g/mol. The third-order valence-electron chi connectivity index (χ3n) is 2.17. The van der Waals surface area contributed by atoms with Crippen LogP contribution in [-0.4, -0.2) is 16.8 Å². The van der Waals surface area contributed by atoms with Gasteiger partial charge in [-0.05, 0) is 31.2 Å². The number of ether oxygens (including phenoxy) is 1. The van der Waals surface area contributed by atoms with Gasteiger partial charge in [-0.3, -0.25) is 0 Å². The Morgan fingerprint density at radius 1 is 1.24 bits per heavy atom. The Morgan fingerprint density at radius 3 is 2.71 bits per heavy atom. The van der Waals surface area contributed by atoms with Gasteiger partial charge in [0, 0.05) is 5.56 Å². The summed E-state index contributed by atoms with van der Waals surface area (Å²) in [5.41, 5.74) is 0.772. The second-order valence-electron chi connectivity index (χ2n) is 3.29. The van der Waals surface area contributed by atoms with Crippen molar-refractivity contribution in [2.45, 2.75) is 6.92 Å². The second-order valence-corrected chi connectivity index (χ2v) is 3.68. The van der Waals surface area contributed by atoms with Crippen LogP contribution in [0.4, 0.5) is 4.39 Å². The first kappa shape index (κ1) is 11.8. The molecule has 0 aliphatic heterocycles. The highest BCUT2D eigenvalue weighted by Crippen LogP contribution is 2.27. The molecule has 88 valence electrons. The molecule has 2 aromatic rings. The molecule has 0 spiro atoms. The van der Waals surface area contributed by atoms with Crippen molar-refractivity contribution >= 4 is 11.6 Å². The number of hydrogen-bond donors (Lipinski definition) is 0. The number of rotatable bonds is 3. The fourth-order valence-electron chi connectivity index (χ4n) is 1.44. The lowest BCUT2D eigenvalue weighted by Gasteiger charge is -2.07. The van der Waals surface area contributed by atoms with Crippen molar-refractivity contribution in [3.8, 4) is 17.0 Å². The summed E-state index contributed by atoms with van der Waals surface area (Å²) >= 11 is 5.63. The van der Waals surface area contributed by atoms with E-state index < -0.39 is 5.82 Å². The van der Waals surface area contributed by atoms with Crippen LogP contribution in [0.5, 0.6) is 5.75 Å². The first-order valence-electron chi connectivity index (χ1n) is 5.13. The molecule has 2 rings (SSSR count). The van der Waals surface area contributed by atoms with Crippen molar-refractivity contribution in [2.24, 2.45) is 0 Å². The Labute approximate surface area is 103 Å². The van der Waals surface area contributed by atoms with Crippen LogP contribution in [0.25, 0.3) is 11.3 Å². The molecule has 3 nitrogen and oxygen atoms in total. The molecule has 0 saturated heterocycles. The average Bonchev–Trinajstić information content (AvgIpc) is 2.34. The molecule has 0 fully saturated rings. The molecule has 5 heteroatoms. The van der Waals surface area contributed by atoms with E-state index in [1.165, 1.54) is 0 Å². The van der Waals surface area contributed by atoms with Crippen LogP contribution < -0.4 is 4.74 Å². The van der Waals surface area contributed by atoms with Crippen LogP contribution in [0.15, 0.2) is 30.3 Å². The fraction of sp³-hybridized carbons (Fsp3) is 0.167. The number of halogens is 2. The van der Waals surface area contributed by atoms with Gasteiger partial charge in [-0.15, -0.1) is 10.2 Å². The van der Waals surface area contributed by atoms with Crippen molar-refractivity contribution in [1.29, 1.82) is 0 Å². The van der Waals surface area contributed by atoms with E-state index in [0.717, 1.165) is 0 Å². The van der Waals surface area contributed by atoms with E-state index in [4.69, 9.17) is 16.3 Å². The monoisotopic (exact) mass is 252 g/mol. The van der Waals surface area contributed by atoms with Crippen LogP contribution >= 0.6 is 11.6 Å². The van der Waals surface area contributed by atoms with E-state index in [1.54, 1.807) is 37.3 Å². The van der Waals surface area contributed by atoms with Gasteiger partial charge in [-0.2, -0.15) is 0 Å². The summed E-state index contributed by atoms with van der Waals surface area (Å²) in [4.78, 5) is 0. The topological polar surface area (TPSA) is 35.0 Å². The van der Waals surface area contributed by atoms with E-state index >= 15 is 0 Å². The number of aromatic nitrogens is 2. The lowest BCUT2D eigenvalue weighted by molar-refractivity contribution is 0.322. The van der Waals surface area contributed by atoms with Gasteiger partial charge in [-0.1, -0.05) is 17.7 Å². The largest absolute Gasteiger partial charge is 0.491 e. The number of benzene rings is 1. The van der Waals surface area contributed by atoms with Gasteiger partial charge in [0.2, 0.25) is 0 Å². The van der Waals surface area contributed by atoms with E-state index in [1.807, 2.05) is 0 Å². The zero-order chi connectivity index (χ0) is 12.3. The van der Waals surface area contributed by atoms with E-state index in [0.29, 0.717) is 17.9 Å². The minimum Gasteiger partial charge on any atom is -0.491 e. The molecule has 0 radical (unpaired) electrons. The van der Waals surface area contributed by atoms with Crippen molar-refractivity contribution < 1.29 is 9.13 Å². The molecule has 0 bridgehead atoms. The molecule has 0 amide bonds. The SMILES string of the molecule is CCOc1cccc(-c2ccc(Cl)nn2)c1F. The predicted molar refractivity (Wildman–Crippen MR) is 63.6 cm³/mol. The normalized spacial score (nSPS) is 10.3. The summed E-state index contributed by atoms with van der Waals surface area (Å²) < 4.78 is 19.2. The minimum atomic E-state index is -0.439. The Hall–Kier alpha value is -1.68. The molecule has 0 unspecified atom stereocenters. The first-order chi connectivity index (χ1) is 8.22. The van der Waals surface area contributed by atoms with Gasteiger partial charge in [0.25, 0.3) is 0 Å². The van der Waals surface area contributed by atoms with Crippen LogP contribution in [-0.2, 0) is 0 Å². The second kappa shape index (κ2) is 5.10. The van der Waals surface area contributed by atoms with E-state index in [2.05, 4.69) is 10.2 Å². The molecule has 17 heavy (non-hydrogen) atoms. The Bertz CT molecular complexity index is 516. The Morgan fingerprint density at radius 2 is 2.06 bits per heavy atom. The maximum absolute atomic E-state index is 14.0. The highest BCUT2D eigenvalue weighted by Gasteiger charge is 2.11. The van der Waals surface area contributed by atoms with Crippen molar-refractivity contribution in [3.05, 3.63) is 41.3 Å². The smallest absolute Gasteiger partial charge is 0.174 e. The van der Waals surface area contributed by atoms with Gasteiger partial charge in [-0.25, -0.2) is 4.39 Å². The Kier molecular flexibility index (Phi) is 3.54. The van der Waals surface area contributed by atoms with Gasteiger partial charge in [0.1, 0.15) is 0 Å². The van der Waals surface area contributed by atoms with Crippen LogP contribution in [0.2, 0.25) is 5.15 Å². The molecule has 1 aromatic carbocycles. The number of hydrogen-bond acceptors (Lipinski definition) is 3. The molecule has 0 aliphatic carbocycles. The van der Waals surface area contributed by atoms with Gasteiger partial charge < -0.3 is 4.74 Å². The molecule has 0 aliphatic rings. The molecule has 0 atom stereocenters. The van der Waals surface area contributed by atoms with Gasteiger partial charge in [0.05, 0.1) is 12.3 Å². The fourth-order valence-corrected chi connectivity index (χ4v) is 1.54. The molecule has 1 aromatic heterocycles. The van der Waals surface area contributed by atoms with Crippen LogP contribution in [0.3, 0.4) is 0 Å². The summed E-state index contributed by atoms with van der Waals surface area (Å²) in [6, 6.07) is 8.08. The highest BCUT2D eigenvalue weighted by molar-refractivity contribution is 6.29. The third-order valence-corrected chi connectivity index (χ3v) is 2.37. The van der Waals surface area contributed by atoms with Crippen LogP contribution in [0.1, 0.15) is 6.92 Å². The van der Waals surface area contributed by atoms with Crippen LogP contribution in [0, 0.1) is 5.82 Å². The highest BCUT2D eigenvalue weighted by atomic mass is 35.5. The summed E-state index contributed by atoms with van der Waals surface area (Å²) in [6.45, 7) is 2.21. The van der Waals surface area contributed by atoms with Crippen molar-refractivity contribution in [3.63, 3.8) is 0 Å².